The van der Waals surface area contributed by atoms with Crippen molar-refractivity contribution in [1.82, 2.24) is 24.7 Å². The maximum Gasteiger partial charge on any atom is 0.279 e. The number of anilines is 1. The van der Waals surface area contributed by atoms with E-state index in [0.717, 1.165) is 17.0 Å². The molecule has 1 N–H and O–H groups in total. The molecular weight excluding hydrogens is 475 g/mol. The van der Waals surface area contributed by atoms with Crippen LogP contribution in [0.5, 0.6) is 0 Å². The maximum absolute atomic E-state index is 12.9. The molecule has 0 saturated carbocycles. The van der Waals surface area contributed by atoms with Crippen LogP contribution in [0.15, 0.2) is 35.0 Å². The largest absolute Gasteiger partial charge is 0.361 e. The van der Waals surface area contributed by atoms with Gasteiger partial charge in [-0.2, -0.15) is 10.2 Å². The van der Waals surface area contributed by atoms with Gasteiger partial charge in [-0.1, -0.05) is 46.0 Å². The first-order chi connectivity index (χ1) is 15.2. The number of hydrogen-bond donors (Lipinski definition) is 1. The molecule has 4 rings (SSSR count). The van der Waals surface area contributed by atoms with Gasteiger partial charge in [-0.05, 0) is 38.5 Å². The Kier molecular flexibility index (Phi) is 6.28. The number of halogens is 3. The van der Waals surface area contributed by atoms with Crippen LogP contribution in [0.3, 0.4) is 0 Å². The molecule has 32 heavy (non-hydrogen) atoms. The standard InChI is InChI=1S/C21H19Cl3N6O2/c1-11-19(24)12(2)30(26-11)10-15-13(3)32-28-20(15)21(31)25-18-6-7-29(27-18)9-14-4-5-16(22)17(23)8-14/h4-8H,9-10H2,1-3H3,(H,25,27,31). The molecule has 3 heterocycles. The highest BCUT2D eigenvalue weighted by Gasteiger charge is 2.22. The highest BCUT2D eigenvalue weighted by molar-refractivity contribution is 6.42. The van der Waals surface area contributed by atoms with E-state index in [4.69, 9.17) is 39.3 Å². The first-order valence-corrected chi connectivity index (χ1v) is 10.8. The lowest BCUT2D eigenvalue weighted by atomic mass is 10.2. The van der Waals surface area contributed by atoms with Crippen LogP contribution in [-0.4, -0.2) is 30.6 Å². The SMILES string of the molecule is Cc1nn(Cc2c(C(=O)Nc3ccn(Cc4ccc(Cl)c(Cl)c4)n3)noc2C)c(C)c1Cl. The number of benzene rings is 1. The number of hydrogen-bond acceptors (Lipinski definition) is 5. The third kappa shape index (κ3) is 4.53. The lowest BCUT2D eigenvalue weighted by Crippen LogP contribution is -2.17. The molecule has 11 heteroatoms. The third-order valence-corrected chi connectivity index (χ3v) is 6.30. The summed E-state index contributed by atoms with van der Waals surface area (Å²) in [7, 11) is 0. The van der Waals surface area contributed by atoms with Crippen LogP contribution in [0.4, 0.5) is 5.82 Å². The molecule has 4 aromatic rings. The predicted octanol–water partition coefficient (Wildman–Crippen LogP) is 5.30. The fourth-order valence-corrected chi connectivity index (χ4v) is 3.71. The number of carbonyl (C=O) groups excluding carboxylic acids is 1. The first kappa shape index (κ1) is 22.4. The molecule has 8 nitrogen and oxygen atoms in total. The number of rotatable bonds is 6. The van der Waals surface area contributed by atoms with Crippen molar-refractivity contribution in [2.24, 2.45) is 0 Å². The molecule has 0 spiro atoms. The lowest BCUT2D eigenvalue weighted by Gasteiger charge is -2.06. The molecule has 1 amide bonds. The van der Waals surface area contributed by atoms with E-state index < -0.39 is 5.91 Å². The zero-order chi connectivity index (χ0) is 23.0. The molecule has 1 aromatic carbocycles. The lowest BCUT2D eigenvalue weighted by molar-refractivity contribution is 0.101. The van der Waals surface area contributed by atoms with Gasteiger partial charge < -0.3 is 9.84 Å². The van der Waals surface area contributed by atoms with E-state index in [1.165, 1.54) is 0 Å². The Morgan fingerprint density at radius 1 is 1.06 bits per heavy atom. The van der Waals surface area contributed by atoms with Gasteiger partial charge in [0.1, 0.15) is 5.76 Å². The van der Waals surface area contributed by atoms with Crippen LogP contribution >= 0.6 is 34.8 Å². The van der Waals surface area contributed by atoms with Gasteiger partial charge in [0.15, 0.2) is 11.5 Å². The summed E-state index contributed by atoms with van der Waals surface area (Å²) in [6.45, 7) is 6.22. The minimum atomic E-state index is -0.427. The van der Waals surface area contributed by atoms with Crippen molar-refractivity contribution in [2.75, 3.05) is 5.32 Å². The quantitative estimate of drug-likeness (QED) is 0.393. The predicted molar refractivity (Wildman–Crippen MR) is 123 cm³/mol. The second-order valence-electron chi connectivity index (χ2n) is 7.31. The summed E-state index contributed by atoms with van der Waals surface area (Å²) in [6.07, 6.45) is 1.75. The summed E-state index contributed by atoms with van der Waals surface area (Å²) in [5, 5.41) is 17.1. The number of carbonyl (C=O) groups is 1. The molecule has 0 aliphatic carbocycles. The fraction of sp³-hybridized carbons (Fsp3) is 0.238. The molecule has 0 saturated heterocycles. The second-order valence-corrected chi connectivity index (χ2v) is 8.50. The van der Waals surface area contributed by atoms with E-state index in [9.17, 15) is 4.79 Å². The van der Waals surface area contributed by atoms with Crippen molar-refractivity contribution >= 4 is 46.5 Å². The van der Waals surface area contributed by atoms with Crippen LogP contribution in [0.25, 0.3) is 0 Å². The fourth-order valence-electron chi connectivity index (χ4n) is 3.25. The summed E-state index contributed by atoms with van der Waals surface area (Å²) in [6, 6.07) is 7.07. The van der Waals surface area contributed by atoms with Crippen LogP contribution in [0.1, 0.15) is 38.8 Å². The van der Waals surface area contributed by atoms with Crippen molar-refractivity contribution in [1.29, 1.82) is 0 Å². The minimum absolute atomic E-state index is 0.171. The Morgan fingerprint density at radius 3 is 2.53 bits per heavy atom. The van der Waals surface area contributed by atoms with Gasteiger partial charge in [-0.15, -0.1) is 0 Å². The Balaban J connectivity index is 1.49. The van der Waals surface area contributed by atoms with E-state index in [2.05, 4.69) is 20.7 Å². The highest BCUT2D eigenvalue weighted by atomic mass is 35.5. The molecule has 0 bridgehead atoms. The van der Waals surface area contributed by atoms with Crippen LogP contribution < -0.4 is 5.32 Å². The number of nitrogens with zero attached hydrogens (tertiary/aromatic N) is 5. The van der Waals surface area contributed by atoms with Crippen molar-refractivity contribution in [3.8, 4) is 0 Å². The molecule has 3 aromatic heterocycles. The smallest absolute Gasteiger partial charge is 0.279 e. The van der Waals surface area contributed by atoms with Gasteiger partial charge in [0.2, 0.25) is 0 Å². The Morgan fingerprint density at radius 2 is 1.84 bits per heavy atom. The molecule has 0 aliphatic heterocycles. The third-order valence-electron chi connectivity index (χ3n) is 5.01. The Labute approximate surface area is 199 Å². The van der Waals surface area contributed by atoms with Crippen LogP contribution in [-0.2, 0) is 13.1 Å². The highest BCUT2D eigenvalue weighted by Crippen LogP contribution is 2.24. The number of amides is 1. The zero-order valence-electron chi connectivity index (χ0n) is 17.5. The second kappa shape index (κ2) is 8.97. The molecular formula is C21H19Cl3N6O2. The molecule has 0 atom stereocenters. The summed E-state index contributed by atoms with van der Waals surface area (Å²) >= 11 is 18.3. The zero-order valence-corrected chi connectivity index (χ0v) is 19.8. The average Bonchev–Trinajstić information content (AvgIpc) is 3.41. The molecule has 0 fully saturated rings. The topological polar surface area (TPSA) is 90.8 Å². The Bertz CT molecular complexity index is 1310. The summed E-state index contributed by atoms with van der Waals surface area (Å²) in [5.41, 5.74) is 3.25. The minimum Gasteiger partial charge on any atom is -0.361 e. The summed E-state index contributed by atoms with van der Waals surface area (Å²) < 4.78 is 8.68. The van der Waals surface area contributed by atoms with E-state index in [-0.39, 0.29) is 5.69 Å². The summed E-state index contributed by atoms with van der Waals surface area (Å²) in [4.78, 5) is 12.9. The van der Waals surface area contributed by atoms with Crippen molar-refractivity contribution in [2.45, 2.75) is 33.9 Å². The molecule has 0 radical (unpaired) electrons. The van der Waals surface area contributed by atoms with E-state index in [1.54, 1.807) is 40.7 Å². The van der Waals surface area contributed by atoms with Crippen molar-refractivity contribution < 1.29 is 9.32 Å². The van der Waals surface area contributed by atoms with Gasteiger partial charge in [-0.25, -0.2) is 0 Å². The number of nitrogens with one attached hydrogen (secondary N) is 1. The summed E-state index contributed by atoms with van der Waals surface area (Å²) in [5.74, 6) is 0.490. The van der Waals surface area contributed by atoms with Gasteiger partial charge >= 0.3 is 0 Å². The van der Waals surface area contributed by atoms with E-state index >= 15 is 0 Å². The molecule has 0 unspecified atom stereocenters. The van der Waals surface area contributed by atoms with Crippen LogP contribution in [0, 0.1) is 20.8 Å². The monoisotopic (exact) mass is 492 g/mol. The van der Waals surface area contributed by atoms with Gasteiger partial charge in [-0.3, -0.25) is 14.2 Å². The van der Waals surface area contributed by atoms with Crippen molar-refractivity contribution in [3.63, 3.8) is 0 Å². The van der Waals surface area contributed by atoms with Gasteiger partial charge in [0.05, 0.1) is 39.5 Å². The van der Waals surface area contributed by atoms with Gasteiger partial charge in [0.25, 0.3) is 5.91 Å². The first-order valence-electron chi connectivity index (χ1n) is 9.66. The molecule has 0 aliphatic rings. The Hall–Kier alpha value is -2.81. The van der Waals surface area contributed by atoms with E-state index in [0.29, 0.717) is 45.3 Å². The van der Waals surface area contributed by atoms with Gasteiger partial charge in [0, 0.05) is 17.8 Å². The van der Waals surface area contributed by atoms with Crippen molar-refractivity contribution in [3.05, 3.63) is 79.5 Å². The normalized spacial score (nSPS) is 11.2. The number of aromatic nitrogens is 5. The number of aryl methyl sites for hydroxylation is 2. The van der Waals surface area contributed by atoms with E-state index in [1.807, 2.05) is 19.9 Å². The molecule has 166 valence electrons. The van der Waals surface area contributed by atoms with Crippen LogP contribution in [0.2, 0.25) is 15.1 Å². The average molecular weight is 494 g/mol. The maximum atomic E-state index is 12.9.